The smallest absolute Gasteiger partial charge is 0.114 e. The summed E-state index contributed by atoms with van der Waals surface area (Å²) in [7, 11) is 0. The van der Waals surface area contributed by atoms with Crippen molar-refractivity contribution in [3.05, 3.63) is 5.88 Å². The second kappa shape index (κ2) is 5.76. The first-order valence-corrected chi connectivity index (χ1v) is 2.42. The predicted octanol–water partition coefficient (Wildman–Crippen LogP) is 1.41. The highest BCUT2D eigenvalue weighted by Crippen LogP contribution is 1.77. The number of nitrogens with zero attached hydrogens (tertiary/aromatic N) is 1. The maximum atomic E-state index is 5.08. The lowest BCUT2D eigenvalue weighted by Gasteiger charge is -1.85. The Balaban J connectivity index is 2.78. The molecule has 0 fully saturated rings. The van der Waals surface area contributed by atoms with E-state index in [1.165, 1.54) is 12.1 Å². The number of hydrogen-bond donors (Lipinski definition) is 0. The minimum absolute atomic E-state index is 0.585. The van der Waals surface area contributed by atoms with Crippen LogP contribution in [0.25, 0.3) is 0 Å². The average Bonchev–Trinajstić information content (AvgIpc) is 1.69. The van der Waals surface area contributed by atoms with Crippen molar-refractivity contribution in [3.8, 4) is 0 Å². The summed E-state index contributed by atoms with van der Waals surface area (Å²) in [5.41, 5.74) is 0. The largest absolute Gasteiger partial charge is 0.396 e. The zero-order valence-electron chi connectivity index (χ0n) is 4.10. The lowest BCUT2D eigenvalue weighted by Crippen LogP contribution is -1.77. The molecule has 0 aromatic rings. The number of hydrogen-bond acceptors (Lipinski definition) is 2. The molecular formula is C4H7ClNO. The average molecular weight is 121 g/mol. The van der Waals surface area contributed by atoms with Gasteiger partial charge < -0.3 is 4.84 Å². The van der Waals surface area contributed by atoms with Gasteiger partial charge in [0.05, 0.1) is 12.1 Å². The van der Waals surface area contributed by atoms with Gasteiger partial charge in [0.1, 0.15) is 6.61 Å². The van der Waals surface area contributed by atoms with Crippen LogP contribution in [0.3, 0.4) is 0 Å². The molecule has 0 aromatic heterocycles. The van der Waals surface area contributed by atoms with E-state index in [1.807, 2.05) is 6.92 Å². The molecule has 0 aromatic carbocycles. The van der Waals surface area contributed by atoms with Gasteiger partial charge in [0, 0.05) is 0 Å². The number of oxime groups is 1. The van der Waals surface area contributed by atoms with Crippen LogP contribution < -0.4 is 0 Å². The molecule has 0 unspecified atom stereocenters. The van der Waals surface area contributed by atoms with Crippen molar-refractivity contribution in [1.29, 1.82) is 0 Å². The Kier molecular flexibility index (Phi) is 5.56. The zero-order valence-corrected chi connectivity index (χ0v) is 4.85. The van der Waals surface area contributed by atoms with Crippen molar-refractivity contribution in [1.82, 2.24) is 0 Å². The van der Waals surface area contributed by atoms with Crippen LogP contribution in [0.1, 0.15) is 6.92 Å². The molecule has 0 bridgehead atoms. The van der Waals surface area contributed by atoms with E-state index < -0.39 is 0 Å². The van der Waals surface area contributed by atoms with Gasteiger partial charge in [-0.1, -0.05) is 5.16 Å². The summed E-state index contributed by atoms with van der Waals surface area (Å²) >= 11 is 5.08. The van der Waals surface area contributed by atoms with Crippen molar-refractivity contribution in [2.75, 3.05) is 6.61 Å². The van der Waals surface area contributed by atoms with Crippen LogP contribution in [0.15, 0.2) is 5.16 Å². The molecule has 0 saturated heterocycles. The standard InChI is InChI=1S/C4H7ClNO/c1-2-7-6-4-3-5/h3-4H,2H2,1H3/b6-4-. The molecule has 0 aliphatic carbocycles. The van der Waals surface area contributed by atoms with Crippen molar-refractivity contribution < 1.29 is 4.84 Å². The highest BCUT2D eigenvalue weighted by atomic mass is 35.5. The van der Waals surface area contributed by atoms with Gasteiger partial charge in [0.15, 0.2) is 0 Å². The number of rotatable bonds is 3. The summed E-state index contributed by atoms with van der Waals surface area (Å²) in [5, 5.41) is 3.40. The van der Waals surface area contributed by atoms with E-state index in [0.29, 0.717) is 6.61 Å². The molecule has 0 rings (SSSR count). The molecule has 3 heteroatoms. The van der Waals surface area contributed by atoms with Crippen LogP contribution in [0.2, 0.25) is 0 Å². The first-order chi connectivity index (χ1) is 3.41. The van der Waals surface area contributed by atoms with E-state index in [1.54, 1.807) is 0 Å². The third-order valence-electron chi connectivity index (χ3n) is 0.321. The van der Waals surface area contributed by atoms with Crippen LogP contribution in [0, 0.1) is 5.88 Å². The minimum Gasteiger partial charge on any atom is -0.396 e. The van der Waals surface area contributed by atoms with E-state index in [9.17, 15) is 0 Å². The third kappa shape index (κ3) is 5.76. The molecule has 0 spiro atoms. The van der Waals surface area contributed by atoms with E-state index >= 15 is 0 Å². The predicted molar refractivity (Wildman–Crippen MR) is 30.3 cm³/mol. The third-order valence-corrected chi connectivity index (χ3v) is 0.434. The van der Waals surface area contributed by atoms with E-state index in [0.717, 1.165) is 0 Å². The molecule has 7 heavy (non-hydrogen) atoms. The van der Waals surface area contributed by atoms with Crippen LogP contribution in [-0.2, 0) is 4.84 Å². The maximum absolute atomic E-state index is 5.08. The Morgan fingerprint density at radius 2 is 2.57 bits per heavy atom. The Hall–Kier alpha value is -0.240. The Morgan fingerprint density at radius 1 is 1.86 bits per heavy atom. The molecule has 0 N–H and O–H groups in total. The van der Waals surface area contributed by atoms with Crippen LogP contribution in [-0.4, -0.2) is 12.8 Å². The lowest BCUT2D eigenvalue weighted by atomic mass is 10.9. The second-order valence-electron chi connectivity index (χ2n) is 0.798. The molecule has 0 saturated carbocycles. The highest BCUT2D eigenvalue weighted by molar-refractivity contribution is 6.31. The summed E-state index contributed by atoms with van der Waals surface area (Å²) in [5.74, 6) is 1.29. The molecule has 0 aliphatic rings. The van der Waals surface area contributed by atoms with Crippen molar-refractivity contribution in [2.24, 2.45) is 5.16 Å². The fraction of sp³-hybridized carbons (Fsp3) is 0.500. The van der Waals surface area contributed by atoms with Crippen molar-refractivity contribution in [2.45, 2.75) is 6.92 Å². The van der Waals surface area contributed by atoms with Gasteiger partial charge in [-0.15, -0.1) is 11.6 Å². The summed E-state index contributed by atoms with van der Waals surface area (Å²) in [6.45, 7) is 2.44. The van der Waals surface area contributed by atoms with Gasteiger partial charge in [0.2, 0.25) is 0 Å². The van der Waals surface area contributed by atoms with Gasteiger partial charge in [-0.05, 0) is 6.92 Å². The lowest BCUT2D eigenvalue weighted by molar-refractivity contribution is 0.160. The number of halogens is 1. The molecular weight excluding hydrogens is 114 g/mol. The van der Waals surface area contributed by atoms with Gasteiger partial charge in [-0.3, -0.25) is 0 Å². The first-order valence-electron chi connectivity index (χ1n) is 1.99. The van der Waals surface area contributed by atoms with E-state index in [4.69, 9.17) is 11.6 Å². The van der Waals surface area contributed by atoms with Gasteiger partial charge >= 0.3 is 0 Å². The second-order valence-corrected chi connectivity index (χ2v) is 1.05. The fourth-order valence-corrected chi connectivity index (χ4v) is 0.187. The Bertz CT molecular complexity index is 55.7. The van der Waals surface area contributed by atoms with Crippen LogP contribution >= 0.6 is 11.6 Å². The van der Waals surface area contributed by atoms with Gasteiger partial charge in [0.25, 0.3) is 0 Å². The first kappa shape index (κ1) is 6.76. The Labute approximate surface area is 48.1 Å². The maximum Gasteiger partial charge on any atom is 0.114 e. The zero-order chi connectivity index (χ0) is 5.54. The summed E-state index contributed by atoms with van der Waals surface area (Å²) < 4.78 is 0. The Morgan fingerprint density at radius 3 is 3.00 bits per heavy atom. The minimum atomic E-state index is 0.585. The quantitative estimate of drug-likeness (QED) is 0.408. The van der Waals surface area contributed by atoms with Gasteiger partial charge in [-0.25, -0.2) is 0 Å². The molecule has 1 radical (unpaired) electrons. The van der Waals surface area contributed by atoms with Crippen LogP contribution in [0.5, 0.6) is 0 Å². The normalized spacial score (nSPS) is 10.0. The molecule has 0 atom stereocenters. The molecule has 2 nitrogen and oxygen atoms in total. The monoisotopic (exact) mass is 120 g/mol. The highest BCUT2D eigenvalue weighted by Gasteiger charge is 1.67. The summed E-state index contributed by atoms with van der Waals surface area (Å²) in [6.07, 6.45) is 1.38. The van der Waals surface area contributed by atoms with Crippen molar-refractivity contribution >= 4 is 17.8 Å². The van der Waals surface area contributed by atoms with E-state index in [-0.39, 0.29) is 0 Å². The van der Waals surface area contributed by atoms with Crippen molar-refractivity contribution in [3.63, 3.8) is 0 Å². The summed E-state index contributed by atoms with van der Waals surface area (Å²) in [4.78, 5) is 4.53. The van der Waals surface area contributed by atoms with Crippen LogP contribution in [0.4, 0.5) is 0 Å². The van der Waals surface area contributed by atoms with E-state index in [2.05, 4.69) is 9.99 Å². The molecule has 41 valence electrons. The molecule has 0 amide bonds. The SMILES string of the molecule is CCO/N=C\[CH]Cl. The fourth-order valence-electron chi connectivity index (χ4n) is 0.141. The summed E-state index contributed by atoms with van der Waals surface area (Å²) in [6, 6.07) is 0. The topological polar surface area (TPSA) is 21.6 Å². The van der Waals surface area contributed by atoms with Gasteiger partial charge in [-0.2, -0.15) is 0 Å². The molecule has 0 aliphatic heterocycles. The molecule has 0 heterocycles.